The van der Waals surface area contributed by atoms with Gasteiger partial charge in [0, 0.05) is 11.6 Å². The minimum Gasteiger partial charge on any atom is -0.326 e. The van der Waals surface area contributed by atoms with E-state index in [-0.39, 0.29) is 16.8 Å². The quantitative estimate of drug-likeness (QED) is 0.893. The van der Waals surface area contributed by atoms with E-state index in [0.717, 1.165) is 24.3 Å². The zero-order chi connectivity index (χ0) is 12.3. The van der Waals surface area contributed by atoms with Crippen LogP contribution in [0, 0.1) is 11.7 Å². The highest BCUT2D eigenvalue weighted by atomic mass is 35.5. The zero-order valence-corrected chi connectivity index (χ0v) is 10.8. The highest BCUT2D eigenvalue weighted by Crippen LogP contribution is 2.25. The van der Waals surface area contributed by atoms with Gasteiger partial charge >= 0.3 is 0 Å². The van der Waals surface area contributed by atoms with Crippen molar-refractivity contribution in [1.82, 2.24) is 0 Å². The number of hydrogen-bond acceptors (Lipinski definition) is 2. The lowest BCUT2D eigenvalue weighted by Gasteiger charge is -2.20. The zero-order valence-electron chi connectivity index (χ0n) is 9.21. The highest BCUT2D eigenvalue weighted by molar-refractivity contribution is 7.99. The van der Waals surface area contributed by atoms with Crippen LogP contribution < -0.4 is 5.32 Å². The number of anilines is 1. The monoisotopic (exact) mass is 273 g/mol. The number of amides is 1. The molecule has 2 rings (SSSR count). The maximum atomic E-state index is 12.9. The molecule has 0 saturated carbocycles. The molecule has 0 radical (unpaired) electrons. The molecular weight excluding hydrogens is 261 g/mol. The van der Waals surface area contributed by atoms with Gasteiger partial charge in [0.25, 0.3) is 0 Å². The lowest BCUT2D eigenvalue weighted by atomic mass is 10.0. The average Bonchev–Trinajstić information content (AvgIpc) is 2.35. The summed E-state index contributed by atoms with van der Waals surface area (Å²) in [6, 6.07) is 4.22. The molecule has 0 atom stereocenters. The van der Waals surface area contributed by atoms with Gasteiger partial charge in [-0.2, -0.15) is 11.8 Å². The lowest BCUT2D eigenvalue weighted by molar-refractivity contribution is -0.120. The van der Waals surface area contributed by atoms with Crippen LogP contribution in [0.15, 0.2) is 18.2 Å². The smallest absolute Gasteiger partial charge is 0.227 e. The first kappa shape index (κ1) is 12.7. The molecule has 1 saturated heterocycles. The number of benzene rings is 1. The molecule has 0 aliphatic carbocycles. The Hall–Kier alpha value is -0.740. The summed E-state index contributed by atoms with van der Waals surface area (Å²) >= 11 is 7.53. The number of halogens is 2. The van der Waals surface area contributed by atoms with Gasteiger partial charge in [-0.15, -0.1) is 0 Å². The van der Waals surface area contributed by atoms with Gasteiger partial charge in [0.05, 0.1) is 5.02 Å². The second-order valence-electron chi connectivity index (χ2n) is 4.00. The van der Waals surface area contributed by atoms with Gasteiger partial charge in [0.2, 0.25) is 5.91 Å². The van der Waals surface area contributed by atoms with Crippen LogP contribution >= 0.6 is 23.4 Å². The first-order valence-corrected chi connectivity index (χ1v) is 7.04. The van der Waals surface area contributed by atoms with Crippen molar-refractivity contribution in [2.75, 3.05) is 16.8 Å². The van der Waals surface area contributed by atoms with Gasteiger partial charge in [-0.25, -0.2) is 4.39 Å². The molecule has 17 heavy (non-hydrogen) atoms. The molecule has 1 aromatic rings. The van der Waals surface area contributed by atoms with Gasteiger partial charge in [0.15, 0.2) is 0 Å². The first-order valence-electron chi connectivity index (χ1n) is 5.50. The SMILES string of the molecule is O=C(Nc1ccc(F)c(Cl)c1)C1CCSCC1. The summed E-state index contributed by atoms with van der Waals surface area (Å²) in [5.41, 5.74) is 0.555. The van der Waals surface area contributed by atoms with Crippen molar-refractivity contribution in [2.45, 2.75) is 12.8 Å². The second kappa shape index (κ2) is 5.74. The van der Waals surface area contributed by atoms with E-state index in [0.29, 0.717) is 5.69 Å². The van der Waals surface area contributed by atoms with Crippen molar-refractivity contribution >= 4 is 35.0 Å². The van der Waals surface area contributed by atoms with Crippen LogP contribution in [-0.4, -0.2) is 17.4 Å². The van der Waals surface area contributed by atoms with Crippen molar-refractivity contribution in [3.8, 4) is 0 Å². The summed E-state index contributed by atoms with van der Waals surface area (Å²) in [5.74, 6) is 1.66. The molecule has 1 amide bonds. The van der Waals surface area contributed by atoms with Crippen LogP contribution in [0.25, 0.3) is 0 Å². The standard InChI is InChI=1S/C12H13ClFNOS/c13-10-7-9(1-2-11(10)14)15-12(16)8-3-5-17-6-4-8/h1-2,7-8H,3-6H2,(H,15,16). The maximum absolute atomic E-state index is 12.9. The predicted octanol–water partition coefficient (Wildman–Crippen LogP) is 3.56. The second-order valence-corrected chi connectivity index (χ2v) is 5.64. The van der Waals surface area contributed by atoms with E-state index < -0.39 is 5.82 Å². The third-order valence-electron chi connectivity index (χ3n) is 2.78. The van der Waals surface area contributed by atoms with Gasteiger partial charge in [0.1, 0.15) is 5.82 Å². The van der Waals surface area contributed by atoms with E-state index in [1.165, 1.54) is 18.2 Å². The highest BCUT2D eigenvalue weighted by Gasteiger charge is 2.21. The Morgan fingerprint density at radius 1 is 1.41 bits per heavy atom. The molecule has 1 aliphatic rings. The van der Waals surface area contributed by atoms with Gasteiger partial charge in [-0.1, -0.05) is 11.6 Å². The molecule has 0 aromatic heterocycles. The molecule has 2 nitrogen and oxygen atoms in total. The van der Waals surface area contributed by atoms with Gasteiger partial charge < -0.3 is 5.32 Å². The first-order chi connectivity index (χ1) is 8.16. The molecular formula is C12H13ClFNOS. The minimum absolute atomic E-state index is 0.00738. The predicted molar refractivity (Wildman–Crippen MR) is 70.1 cm³/mol. The van der Waals surface area contributed by atoms with E-state index in [1.807, 2.05) is 11.8 Å². The Bertz CT molecular complexity index is 421. The van der Waals surface area contributed by atoms with Crippen LogP contribution in [0.1, 0.15) is 12.8 Å². The van der Waals surface area contributed by atoms with Crippen LogP contribution in [0.3, 0.4) is 0 Å². The Morgan fingerprint density at radius 2 is 2.12 bits per heavy atom. The van der Waals surface area contributed by atoms with Crippen molar-refractivity contribution in [3.05, 3.63) is 29.0 Å². The maximum Gasteiger partial charge on any atom is 0.227 e. The summed E-state index contributed by atoms with van der Waals surface area (Å²) in [6.45, 7) is 0. The number of thioether (sulfide) groups is 1. The fraction of sp³-hybridized carbons (Fsp3) is 0.417. The van der Waals surface area contributed by atoms with E-state index in [9.17, 15) is 9.18 Å². The molecule has 1 fully saturated rings. The number of hydrogen-bond donors (Lipinski definition) is 1. The molecule has 1 N–H and O–H groups in total. The molecule has 0 unspecified atom stereocenters. The largest absolute Gasteiger partial charge is 0.326 e. The van der Waals surface area contributed by atoms with E-state index in [1.54, 1.807) is 0 Å². The Balaban J connectivity index is 1.99. The summed E-state index contributed by atoms with van der Waals surface area (Å²) in [4.78, 5) is 11.9. The fourth-order valence-corrected chi connectivity index (χ4v) is 3.07. The Kier molecular flexibility index (Phi) is 4.29. The number of carbonyl (C=O) groups excluding carboxylic acids is 1. The molecule has 1 aromatic carbocycles. The average molecular weight is 274 g/mol. The summed E-state index contributed by atoms with van der Waals surface area (Å²) in [6.07, 6.45) is 1.82. The van der Waals surface area contributed by atoms with Crippen LogP contribution in [0.5, 0.6) is 0 Å². The third kappa shape index (κ3) is 3.36. The van der Waals surface area contributed by atoms with E-state index >= 15 is 0 Å². The van der Waals surface area contributed by atoms with Gasteiger partial charge in [-0.05, 0) is 42.5 Å². The van der Waals surface area contributed by atoms with Crippen molar-refractivity contribution in [1.29, 1.82) is 0 Å². The molecule has 1 aliphatic heterocycles. The van der Waals surface area contributed by atoms with Crippen LogP contribution in [-0.2, 0) is 4.79 Å². The van der Waals surface area contributed by atoms with E-state index in [4.69, 9.17) is 11.6 Å². The van der Waals surface area contributed by atoms with Crippen LogP contribution in [0.2, 0.25) is 5.02 Å². The van der Waals surface area contributed by atoms with Crippen molar-refractivity contribution in [3.63, 3.8) is 0 Å². The Labute approximate surface area is 109 Å². The molecule has 0 spiro atoms. The fourth-order valence-electron chi connectivity index (χ4n) is 1.78. The van der Waals surface area contributed by atoms with E-state index in [2.05, 4.69) is 5.32 Å². The topological polar surface area (TPSA) is 29.1 Å². The number of carbonyl (C=O) groups is 1. The third-order valence-corrected chi connectivity index (χ3v) is 4.12. The molecule has 0 bridgehead atoms. The normalized spacial score (nSPS) is 16.8. The number of rotatable bonds is 2. The van der Waals surface area contributed by atoms with Crippen molar-refractivity contribution in [2.24, 2.45) is 5.92 Å². The van der Waals surface area contributed by atoms with Crippen LogP contribution in [0.4, 0.5) is 10.1 Å². The lowest BCUT2D eigenvalue weighted by Crippen LogP contribution is -2.26. The molecule has 92 valence electrons. The molecule has 5 heteroatoms. The summed E-state index contributed by atoms with van der Waals surface area (Å²) < 4.78 is 12.9. The Morgan fingerprint density at radius 3 is 2.76 bits per heavy atom. The number of nitrogens with one attached hydrogen (secondary N) is 1. The van der Waals surface area contributed by atoms with Gasteiger partial charge in [-0.3, -0.25) is 4.79 Å². The minimum atomic E-state index is -0.473. The van der Waals surface area contributed by atoms with Crippen molar-refractivity contribution < 1.29 is 9.18 Å². The molecule has 1 heterocycles. The summed E-state index contributed by atoms with van der Waals surface area (Å²) in [5, 5.41) is 2.81. The summed E-state index contributed by atoms with van der Waals surface area (Å²) in [7, 11) is 0.